The molecule has 0 saturated heterocycles. The lowest BCUT2D eigenvalue weighted by atomic mass is 9.82. The fraction of sp³-hybridized carbons (Fsp3) is 0.900. The summed E-state index contributed by atoms with van der Waals surface area (Å²) in [6.07, 6.45) is 1.35. The van der Waals surface area contributed by atoms with Crippen LogP contribution >= 0.6 is 0 Å². The Kier molecular flexibility index (Phi) is 3.17. The fourth-order valence-corrected chi connectivity index (χ4v) is 1.79. The summed E-state index contributed by atoms with van der Waals surface area (Å²) in [5, 5.41) is 18.5. The molecule has 1 aliphatic carbocycles. The van der Waals surface area contributed by atoms with Crippen LogP contribution in [-0.4, -0.2) is 46.3 Å². The van der Waals surface area contributed by atoms with E-state index >= 15 is 0 Å². The second-order valence-corrected chi connectivity index (χ2v) is 4.74. The number of nitrogens with zero attached hydrogens (tertiary/aromatic N) is 1. The third-order valence-electron chi connectivity index (χ3n) is 2.61. The average molecular weight is 201 g/mol. The summed E-state index contributed by atoms with van der Waals surface area (Å²) >= 11 is 0. The van der Waals surface area contributed by atoms with E-state index in [1.807, 2.05) is 0 Å². The zero-order chi connectivity index (χ0) is 10.9. The van der Waals surface area contributed by atoms with Gasteiger partial charge in [-0.15, -0.1) is 0 Å². The Hall–Kier alpha value is -0.610. The molecule has 0 radical (unpaired) electrons. The van der Waals surface area contributed by atoms with Gasteiger partial charge in [-0.2, -0.15) is 0 Å². The molecule has 4 nitrogen and oxygen atoms in total. The van der Waals surface area contributed by atoms with Crippen molar-refractivity contribution in [3.8, 4) is 0 Å². The largest absolute Gasteiger partial charge is 0.393 e. The molecule has 1 rings (SSSR count). The molecule has 2 N–H and O–H groups in total. The van der Waals surface area contributed by atoms with E-state index < -0.39 is 5.60 Å². The van der Waals surface area contributed by atoms with Crippen LogP contribution in [0.25, 0.3) is 0 Å². The maximum atomic E-state index is 11.5. The molecule has 0 spiro atoms. The van der Waals surface area contributed by atoms with E-state index in [9.17, 15) is 9.90 Å². The van der Waals surface area contributed by atoms with Gasteiger partial charge in [-0.3, -0.25) is 4.79 Å². The topological polar surface area (TPSA) is 60.8 Å². The number of amides is 1. The minimum Gasteiger partial charge on any atom is -0.393 e. The molecule has 0 atom stereocenters. The molecule has 82 valence electrons. The molecule has 14 heavy (non-hydrogen) atoms. The molecule has 1 saturated carbocycles. The molecular weight excluding hydrogens is 182 g/mol. The first-order valence-corrected chi connectivity index (χ1v) is 4.96. The lowest BCUT2D eigenvalue weighted by Gasteiger charge is -2.35. The van der Waals surface area contributed by atoms with E-state index in [1.165, 1.54) is 18.7 Å². The quantitative estimate of drug-likeness (QED) is 0.675. The van der Waals surface area contributed by atoms with Crippen LogP contribution in [0.3, 0.4) is 0 Å². The zero-order valence-electron chi connectivity index (χ0n) is 9.03. The van der Waals surface area contributed by atoms with Crippen LogP contribution in [0.5, 0.6) is 0 Å². The second-order valence-electron chi connectivity index (χ2n) is 4.74. The Morgan fingerprint density at radius 1 is 1.50 bits per heavy atom. The number of carbonyl (C=O) groups excluding carboxylic acids is 1. The van der Waals surface area contributed by atoms with Crippen molar-refractivity contribution in [1.29, 1.82) is 0 Å². The summed E-state index contributed by atoms with van der Waals surface area (Å²) in [4.78, 5) is 13.1. The standard InChI is InChI=1S/C10H19NO3/c1-10(2,14)9(13)11(3)6-7-4-8(12)5-7/h7-8,12,14H,4-6H2,1-3H3. The minimum atomic E-state index is -1.29. The van der Waals surface area contributed by atoms with Crippen LogP contribution in [0.2, 0.25) is 0 Å². The molecule has 4 heteroatoms. The minimum absolute atomic E-state index is 0.189. The first kappa shape index (κ1) is 11.5. The molecule has 1 aliphatic rings. The molecule has 1 amide bonds. The van der Waals surface area contributed by atoms with Gasteiger partial charge in [0, 0.05) is 13.6 Å². The molecule has 0 aromatic rings. The number of aliphatic hydroxyl groups is 2. The van der Waals surface area contributed by atoms with Crippen molar-refractivity contribution in [1.82, 2.24) is 4.90 Å². The average Bonchev–Trinajstić information content (AvgIpc) is 1.98. The Bertz CT molecular complexity index is 216. The Morgan fingerprint density at radius 3 is 2.36 bits per heavy atom. The molecule has 0 unspecified atom stereocenters. The predicted octanol–water partition coefficient (Wildman–Crippen LogP) is -0.0134. The molecule has 0 heterocycles. The van der Waals surface area contributed by atoms with E-state index in [4.69, 9.17) is 5.11 Å². The molecular formula is C10H19NO3. The van der Waals surface area contributed by atoms with Crippen LogP contribution in [0.1, 0.15) is 26.7 Å². The van der Waals surface area contributed by atoms with Gasteiger partial charge in [0.05, 0.1) is 6.10 Å². The van der Waals surface area contributed by atoms with Gasteiger partial charge in [-0.05, 0) is 32.6 Å². The third-order valence-corrected chi connectivity index (χ3v) is 2.61. The van der Waals surface area contributed by atoms with Crippen molar-refractivity contribution < 1.29 is 15.0 Å². The third kappa shape index (κ3) is 2.69. The maximum Gasteiger partial charge on any atom is 0.253 e. The van der Waals surface area contributed by atoms with E-state index in [0.29, 0.717) is 12.5 Å². The number of hydrogen-bond acceptors (Lipinski definition) is 3. The Balaban J connectivity index is 2.35. The normalized spacial score (nSPS) is 26.9. The number of aliphatic hydroxyl groups excluding tert-OH is 1. The highest BCUT2D eigenvalue weighted by molar-refractivity contribution is 5.83. The van der Waals surface area contributed by atoms with Crippen LogP contribution in [0.4, 0.5) is 0 Å². The van der Waals surface area contributed by atoms with Gasteiger partial charge in [0.2, 0.25) is 0 Å². The fourth-order valence-electron chi connectivity index (χ4n) is 1.79. The highest BCUT2D eigenvalue weighted by Crippen LogP contribution is 2.27. The smallest absolute Gasteiger partial charge is 0.253 e. The van der Waals surface area contributed by atoms with E-state index in [-0.39, 0.29) is 12.0 Å². The van der Waals surface area contributed by atoms with E-state index in [0.717, 1.165) is 12.8 Å². The monoisotopic (exact) mass is 201 g/mol. The van der Waals surface area contributed by atoms with Gasteiger partial charge in [0.25, 0.3) is 5.91 Å². The predicted molar refractivity (Wildman–Crippen MR) is 52.7 cm³/mol. The summed E-state index contributed by atoms with van der Waals surface area (Å²) in [5.41, 5.74) is -1.29. The second kappa shape index (κ2) is 3.87. The summed E-state index contributed by atoms with van der Waals surface area (Å²) in [6.45, 7) is 3.60. The van der Waals surface area contributed by atoms with Crippen molar-refractivity contribution in [2.24, 2.45) is 5.92 Å². The molecule has 0 aromatic heterocycles. The van der Waals surface area contributed by atoms with Crippen molar-refractivity contribution in [2.45, 2.75) is 38.4 Å². The first-order valence-electron chi connectivity index (χ1n) is 4.96. The van der Waals surface area contributed by atoms with Crippen molar-refractivity contribution in [3.63, 3.8) is 0 Å². The van der Waals surface area contributed by atoms with Gasteiger partial charge < -0.3 is 15.1 Å². The Labute approximate surface area is 84.5 Å². The highest BCUT2D eigenvalue weighted by Gasteiger charge is 2.32. The number of carbonyl (C=O) groups is 1. The maximum absolute atomic E-state index is 11.5. The SMILES string of the molecule is CN(CC1CC(O)C1)C(=O)C(C)(C)O. The number of rotatable bonds is 3. The lowest BCUT2D eigenvalue weighted by Crippen LogP contribution is -2.47. The number of hydrogen-bond donors (Lipinski definition) is 2. The van der Waals surface area contributed by atoms with Gasteiger partial charge in [-0.25, -0.2) is 0 Å². The van der Waals surface area contributed by atoms with E-state index in [1.54, 1.807) is 7.05 Å². The van der Waals surface area contributed by atoms with Crippen molar-refractivity contribution in [2.75, 3.05) is 13.6 Å². The van der Waals surface area contributed by atoms with Crippen LogP contribution < -0.4 is 0 Å². The summed E-state index contributed by atoms with van der Waals surface area (Å²) in [6, 6.07) is 0. The van der Waals surface area contributed by atoms with Crippen LogP contribution in [-0.2, 0) is 4.79 Å². The van der Waals surface area contributed by atoms with Crippen LogP contribution in [0, 0.1) is 5.92 Å². The highest BCUT2D eigenvalue weighted by atomic mass is 16.3. The van der Waals surface area contributed by atoms with Gasteiger partial charge in [-0.1, -0.05) is 0 Å². The molecule has 0 aliphatic heterocycles. The molecule has 0 aromatic carbocycles. The number of likely N-dealkylation sites (N-methyl/N-ethyl adjacent to an activating group) is 1. The summed E-state index contributed by atoms with van der Waals surface area (Å²) < 4.78 is 0. The Morgan fingerprint density at radius 2 is 2.00 bits per heavy atom. The zero-order valence-corrected chi connectivity index (χ0v) is 9.03. The van der Waals surface area contributed by atoms with Crippen molar-refractivity contribution >= 4 is 5.91 Å². The molecule has 1 fully saturated rings. The lowest BCUT2D eigenvalue weighted by molar-refractivity contribution is -0.148. The molecule has 0 bridgehead atoms. The van der Waals surface area contributed by atoms with Gasteiger partial charge in [0.15, 0.2) is 0 Å². The summed E-state index contributed by atoms with van der Waals surface area (Å²) in [5.74, 6) is 0.125. The van der Waals surface area contributed by atoms with Gasteiger partial charge in [0.1, 0.15) is 5.60 Å². The first-order chi connectivity index (χ1) is 6.30. The van der Waals surface area contributed by atoms with Gasteiger partial charge >= 0.3 is 0 Å². The van der Waals surface area contributed by atoms with Crippen molar-refractivity contribution in [3.05, 3.63) is 0 Å². The summed E-state index contributed by atoms with van der Waals surface area (Å²) in [7, 11) is 1.69. The van der Waals surface area contributed by atoms with E-state index in [2.05, 4.69) is 0 Å². The van der Waals surface area contributed by atoms with Crippen LogP contribution in [0.15, 0.2) is 0 Å².